The first-order chi connectivity index (χ1) is 12.3. The van der Waals surface area contributed by atoms with Gasteiger partial charge in [0, 0.05) is 24.4 Å². The lowest BCUT2D eigenvalue weighted by Gasteiger charge is -2.04. The molecule has 0 saturated heterocycles. The second-order valence-electron chi connectivity index (χ2n) is 5.94. The van der Waals surface area contributed by atoms with Crippen LogP contribution in [0.3, 0.4) is 0 Å². The molecule has 0 aliphatic heterocycles. The van der Waals surface area contributed by atoms with Crippen molar-refractivity contribution in [3.8, 4) is 0 Å². The minimum atomic E-state index is -0.133. The van der Waals surface area contributed by atoms with E-state index < -0.39 is 0 Å². The maximum Gasteiger partial charge on any atom is 0.306 e. The summed E-state index contributed by atoms with van der Waals surface area (Å²) in [7, 11) is 0. The Kier molecular flexibility index (Phi) is 12.8. The Balaban J connectivity index is 1.95. The van der Waals surface area contributed by atoms with Gasteiger partial charge in [0.1, 0.15) is 6.61 Å². The van der Waals surface area contributed by atoms with Crippen molar-refractivity contribution < 1.29 is 9.53 Å². The highest BCUT2D eigenvalue weighted by Crippen LogP contribution is 2.05. The van der Waals surface area contributed by atoms with E-state index in [1.54, 1.807) is 12.4 Å². The molecule has 136 valence electrons. The number of carbonyl (C=O) groups is 1. The van der Waals surface area contributed by atoms with E-state index in [0.29, 0.717) is 13.0 Å². The van der Waals surface area contributed by atoms with Crippen LogP contribution < -0.4 is 0 Å². The van der Waals surface area contributed by atoms with Crippen LogP contribution in [0, 0.1) is 0 Å². The van der Waals surface area contributed by atoms with Gasteiger partial charge in [-0.3, -0.25) is 9.78 Å². The third-order valence-corrected chi connectivity index (χ3v) is 3.62. The highest BCUT2D eigenvalue weighted by Gasteiger charge is 2.02. The van der Waals surface area contributed by atoms with Gasteiger partial charge in [0.15, 0.2) is 0 Å². The first-order valence-corrected chi connectivity index (χ1v) is 9.32. The zero-order valence-electron chi connectivity index (χ0n) is 15.4. The first-order valence-electron chi connectivity index (χ1n) is 9.32. The van der Waals surface area contributed by atoms with E-state index in [-0.39, 0.29) is 5.97 Å². The van der Waals surface area contributed by atoms with Crippen molar-refractivity contribution in [2.75, 3.05) is 0 Å². The Morgan fingerprint density at radius 1 is 1.04 bits per heavy atom. The monoisotopic (exact) mass is 341 g/mol. The summed E-state index contributed by atoms with van der Waals surface area (Å²) in [5.41, 5.74) is 0.924. The Morgan fingerprint density at radius 3 is 2.44 bits per heavy atom. The molecule has 1 aromatic heterocycles. The summed E-state index contributed by atoms with van der Waals surface area (Å²) in [6, 6.07) is 3.74. The van der Waals surface area contributed by atoms with Gasteiger partial charge in [-0.25, -0.2) is 0 Å². The van der Waals surface area contributed by atoms with E-state index in [4.69, 9.17) is 4.74 Å². The topological polar surface area (TPSA) is 39.2 Å². The van der Waals surface area contributed by atoms with Gasteiger partial charge in [-0.05, 0) is 44.6 Å². The molecule has 0 bridgehead atoms. The normalized spacial score (nSPS) is 11.7. The molecule has 0 unspecified atom stereocenters. The number of esters is 1. The highest BCUT2D eigenvalue weighted by atomic mass is 16.5. The molecule has 0 saturated carbocycles. The minimum Gasteiger partial charge on any atom is -0.461 e. The average Bonchev–Trinajstić information content (AvgIpc) is 2.64. The fourth-order valence-electron chi connectivity index (χ4n) is 2.20. The molecule has 1 heterocycles. The molecule has 0 fully saturated rings. The number of allylic oxidation sites excluding steroid dienone is 6. The molecule has 0 amide bonds. The van der Waals surface area contributed by atoms with E-state index >= 15 is 0 Å². The van der Waals surface area contributed by atoms with Crippen molar-refractivity contribution in [2.24, 2.45) is 0 Å². The molecule has 0 radical (unpaired) electrons. The molecule has 0 aliphatic rings. The van der Waals surface area contributed by atoms with Crippen LogP contribution in [0.25, 0.3) is 0 Å². The third kappa shape index (κ3) is 12.9. The molecule has 0 N–H and O–H groups in total. The number of nitrogens with zero attached hydrogens (tertiary/aromatic N) is 1. The SMILES string of the molecule is CCC/C=C\C/C=C\C/C=C\CCCCC(=O)OCc1cccnc1. The van der Waals surface area contributed by atoms with Crippen LogP contribution in [0.5, 0.6) is 0 Å². The zero-order valence-corrected chi connectivity index (χ0v) is 15.4. The lowest BCUT2D eigenvalue weighted by molar-refractivity contribution is -0.145. The van der Waals surface area contributed by atoms with Crippen LogP contribution in [0.15, 0.2) is 61.0 Å². The van der Waals surface area contributed by atoms with E-state index in [2.05, 4.69) is 48.4 Å². The molecule has 0 aromatic carbocycles. The Morgan fingerprint density at radius 2 is 1.76 bits per heavy atom. The van der Waals surface area contributed by atoms with Crippen LogP contribution >= 0.6 is 0 Å². The second kappa shape index (κ2) is 15.4. The van der Waals surface area contributed by atoms with Crippen molar-refractivity contribution in [1.82, 2.24) is 4.98 Å². The Labute approximate surface area is 152 Å². The van der Waals surface area contributed by atoms with Gasteiger partial charge in [0.2, 0.25) is 0 Å². The molecular formula is C22H31NO2. The van der Waals surface area contributed by atoms with Crippen LogP contribution in [0.4, 0.5) is 0 Å². The molecule has 0 spiro atoms. The predicted octanol–water partition coefficient (Wildman–Crippen LogP) is 5.93. The van der Waals surface area contributed by atoms with E-state index in [1.165, 1.54) is 12.8 Å². The molecule has 1 aromatic rings. The van der Waals surface area contributed by atoms with Crippen LogP contribution in [-0.2, 0) is 16.1 Å². The highest BCUT2D eigenvalue weighted by molar-refractivity contribution is 5.69. The van der Waals surface area contributed by atoms with Crippen molar-refractivity contribution in [1.29, 1.82) is 0 Å². The van der Waals surface area contributed by atoms with Gasteiger partial charge in [0.05, 0.1) is 0 Å². The van der Waals surface area contributed by atoms with Crippen molar-refractivity contribution in [3.63, 3.8) is 0 Å². The summed E-state index contributed by atoms with van der Waals surface area (Å²) in [5, 5.41) is 0. The zero-order chi connectivity index (χ0) is 18.0. The lowest BCUT2D eigenvalue weighted by Crippen LogP contribution is -2.04. The molecule has 0 aliphatic carbocycles. The van der Waals surface area contributed by atoms with Crippen molar-refractivity contribution in [3.05, 3.63) is 66.5 Å². The number of rotatable bonds is 13. The van der Waals surface area contributed by atoms with Gasteiger partial charge in [-0.15, -0.1) is 0 Å². The van der Waals surface area contributed by atoms with Gasteiger partial charge in [-0.2, -0.15) is 0 Å². The summed E-state index contributed by atoms with van der Waals surface area (Å²) < 4.78 is 5.22. The summed E-state index contributed by atoms with van der Waals surface area (Å²) in [4.78, 5) is 15.6. The third-order valence-electron chi connectivity index (χ3n) is 3.62. The minimum absolute atomic E-state index is 0.133. The molecule has 3 nitrogen and oxygen atoms in total. The molecule has 25 heavy (non-hydrogen) atoms. The number of pyridine rings is 1. The van der Waals surface area contributed by atoms with Crippen LogP contribution in [-0.4, -0.2) is 11.0 Å². The number of aromatic nitrogens is 1. The fraction of sp³-hybridized carbons (Fsp3) is 0.455. The number of unbranched alkanes of at least 4 members (excludes halogenated alkanes) is 3. The summed E-state index contributed by atoms with van der Waals surface area (Å²) >= 11 is 0. The Bertz CT molecular complexity index is 532. The number of carbonyl (C=O) groups excluding carboxylic acids is 1. The van der Waals surface area contributed by atoms with Gasteiger partial charge in [0.25, 0.3) is 0 Å². The fourth-order valence-corrected chi connectivity index (χ4v) is 2.20. The first kappa shape index (κ1) is 20.9. The standard InChI is InChI=1S/C22H31NO2/c1-2-3-4-5-6-7-8-9-10-11-12-13-14-17-22(24)25-20-21-16-15-18-23-19-21/h4-5,7-8,10-11,15-16,18-19H,2-3,6,9,12-14,17,20H2,1H3/b5-4-,8-7-,11-10-. The quantitative estimate of drug-likeness (QED) is 0.253. The lowest BCUT2D eigenvalue weighted by atomic mass is 10.2. The van der Waals surface area contributed by atoms with E-state index in [1.807, 2.05) is 12.1 Å². The van der Waals surface area contributed by atoms with Crippen molar-refractivity contribution in [2.45, 2.75) is 64.9 Å². The summed E-state index contributed by atoms with van der Waals surface area (Å²) in [6.07, 6.45) is 24.4. The summed E-state index contributed by atoms with van der Waals surface area (Å²) in [5.74, 6) is -0.133. The van der Waals surface area contributed by atoms with E-state index in [0.717, 1.165) is 37.7 Å². The van der Waals surface area contributed by atoms with E-state index in [9.17, 15) is 4.79 Å². The molecule has 1 rings (SSSR count). The maximum absolute atomic E-state index is 11.6. The molecular weight excluding hydrogens is 310 g/mol. The smallest absolute Gasteiger partial charge is 0.306 e. The predicted molar refractivity (Wildman–Crippen MR) is 104 cm³/mol. The van der Waals surface area contributed by atoms with Crippen molar-refractivity contribution >= 4 is 5.97 Å². The number of hydrogen-bond acceptors (Lipinski definition) is 3. The Hall–Kier alpha value is -2.16. The number of hydrogen-bond donors (Lipinski definition) is 0. The second-order valence-corrected chi connectivity index (χ2v) is 5.94. The van der Waals surface area contributed by atoms with Crippen LogP contribution in [0.2, 0.25) is 0 Å². The number of ether oxygens (including phenoxy) is 1. The summed E-state index contributed by atoms with van der Waals surface area (Å²) in [6.45, 7) is 2.50. The average molecular weight is 341 g/mol. The maximum atomic E-state index is 11.6. The van der Waals surface area contributed by atoms with Gasteiger partial charge >= 0.3 is 5.97 Å². The van der Waals surface area contributed by atoms with Crippen LogP contribution in [0.1, 0.15) is 63.9 Å². The molecule has 3 heteroatoms. The largest absolute Gasteiger partial charge is 0.461 e. The van der Waals surface area contributed by atoms with Gasteiger partial charge < -0.3 is 4.74 Å². The molecule has 0 atom stereocenters. The van der Waals surface area contributed by atoms with Gasteiger partial charge in [-0.1, -0.05) is 55.9 Å².